The Morgan fingerprint density at radius 1 is 1.33 bits per heavy atom. The summed E-state index contributed by atoms with van der Waals surface area (Å²) in [5.41, 5.74) is 0. The Hall–Kier alpha value is -0.130. The first kappa shape index (κ1) is 14.9. The van der Waals surface area contributed by atoms with Crippen molar-refractivity contribution in [1.82, 2.24) is 5.32 Å². The monoisotopic (exact) mass is 281 g/mol. The molecule has 1 amide bonds. The van der Waals surface area contributed by atoms with Crippen LogP contribution in [0.15, 0.2) is 0 Å². The summed E-state index contributed by atoms with van der Waals surface area (Å²) in [5.74, 6) is -0.000563. The molecular weight excluding hydrogens is 262 g/mol. The van der Waals surface area contributed by atoms with Gasteiger partial charge in [-0.3, -0.25) is 4.79 Å². The third-order valence-electron chi connectivity index (χ3n) is 1.72. The van der Waals surface area contributed by atoms with Crippen LogP contribution >= 0.6 is 15.9 Å². The van der Waals surface area contributed by atoms with E-state index in [0.29, 0.717) is 26.4 Å². The number of amides is 1. The van der Waals surface area contributed by atoms with Gasteiger partial charge in [-0.1, -0.05) is 15.9 Å². The third kappa shape index (κ3) is 8.84. The van der Waals surface area contributed by atoms with Gasteiger partial charge < -0.3 is 14.8 Å². The summed E-state index contributed by atoms with van der Waals surface area (Å²) in [6, 6.07) is 0. The van der Waals surface area contributed by atoms with Gasteiger partial charge in [0.25, 0.3) is 0 Å². The van der Waals surface area contributed by atoms with Crippen molar-refractivity contribution in [1.29, 1.82) is 0 Å². The Kier molecular flexibility index (Phi) is 8.00. The highest BCUT2D eigenvalue weighted by molar-refractivity contribution is 9.10. The summed E-state index contributed by atoms with van der Waals surface area (Å²) in [6.07, 6.45) is 0.818. The topological polar surface area (TPSA) is 47.6 Å². The zero-order chi connectivity index (χ0) is 11.7. The highest BCUT2D eigenvalue weighted by Crippen LogP contribution is 2.14. The summed E-state index contributed by atoms with van der Waals surface area (Å²) in [7, 11) is 1.64. The summed E-state index contributed by atoms with van der Waals surface area (Å²) in [6.45, 7) is 6.14. The first-order valence-corrected chi connectivity index (χ1v) is 5.81. The molecule has 0 saturated heterocycles. The molecule has 0 bridgehead atoms. The standard InChI is InChI=1S/C10H20BrNO3/c1-10(2,11)9(13)12-5-4-6-15-8-7-14-3/h4-8H2,1-3H3,(H,12,13). The number of hydrogen-bond acceptors (Lipinski definition) is 3. The molecule has 0 fully saturated rings. The Balaban J connectivity index is 3.28. The minimum Gasteiger partial charge on any atom is -0.382 e. The smallest absolute Gasteiger partial charge is 0.236 e. The van der Waals surface area contributed by atoms with E-state index in [9.17, 15) is 4.79 Å². The van der Waals surface area contributed by atoms with Gasteiger partial charge in [0.1, 0.15) is 0 Å². The lowest BCUT2D eigenvalue weighted by atomic mass is 10.2. The number of hydrogen-bond donors (Lipinski definition) is 1. The Labute approximate surface area is 99.8 Å². The lowest BCUT2D eigenvalue weighted by Gasteiger charge is -2.15. The van der Waals surface area contributed by atoms with Crippen molar-refractivity contribution in [3.05, 3.63) is 0 Å². The molecule has 1 N–H and O–H groups in total. The molecule has 15 heavy (non-hydrogen) atoms. The number of carbonyl (C=O) groups is 1. The minimum atomic E-state index is -0.496. The third-order valence-corrected chi connectivity index (χ3v) is 2.08. The maximum absolute atomic E-state index is 11.4. The van der Waals surface area contributed by atoms with Gasteiger partial charge in [-0.25, -0.2) is 0 Å². The van der Waals surface area contributed by atoms with Crippen LogP contribution in [0.5, 0.6) is 0 Å². The highest BCUT2D eigenvalue weighted by atomic mass is 79.9. The lowest BCUT2D eigenvalue weighted by Crippen LogP contribution is -2.38. The van der Waals surface area contributed by atoms with Gasteiger partial charge in [0.2, 0.25) is 5.91 Å². The molecule has 0 aliphatic carbocycles. The molecule has 0 aliphatic heterocycles. The van der Waals surface area contributed by atoms with E-state index in [2.05, 4.69) is 21.2 Å². The van der Waals surface area contributed by atoms with E-state index in [1.807, 2.05) is 13.8 Å². The van der Waals surface area contributed by atoms with Crippen LogP contribution in [0.2, 0.25) is 0 Å². The maximum Gasteiger partial charge on any atom is 0.236 e. The van der Waals surface area contributed by atoms with Crippen molar-refractivity contribution in [2.24, 2.45) is 0 Å². The van der Waals surface area contributed by atoms with Crippen LogP contribution in [-0.2, 0) is 14.3 Å². The van der Waals surface area contributed by atoms with Crippen LogP contribution in [0.25, 0.3) is 0 Å². The lowest BCUT2D eigenvalue weighted by molar-refractivity contribution is -0.122. The summed E-state index contributed by atoms with van der Waals surface area (Å²) >= 11 is 3.29. The number of halogens is 1. The Bertz CT molecular complexity index is 180. The summed E-state index contributed by atoms with van der Waals surface area (Å²) in [4.78, 5) is 11.4. The molecule has 0 spiro atoms. The van der Waals surface area contributed by atoms with E-state index in [1.165, 1.54) is 0 Å². The molecule has 0 aromatic heterocycles. The van der Waals surface area contributed by atoms with Crippen molar-refractivity contribution >= 4 is 21.8 Å². The summed E-state index contributed by atoms with van der Waals surface area (Å²) in [5, 5.41) is 2.82. The molecule has 90 valence electrons. The van der Waals surface area contributed by atoms with Crippen molar-refractivity contribution < 1.29 is 14.3 Å². The molecule has 0 saturated carbocycles. The van der Waals surface area contributed by atoms with E-state index in [-0.39, 0.29) is 5.91 Å². The minimum absolute atomic E-state index is 0.000563. The van der Waals surface area contributed by atoms with Crippen LogP contribution in [0, 0.1) is 0 Å². The van der Waals surface area contributed by atoms with E-state index >= 15 is 0 Å². The Morgan fingerprint density at radius 3 is 2.53 bits per heavy atom. The number of rotatable bonds is 8. The van der Waals surface area contributed by atoms with Gasteiger partial charge in [-0.15, -0.1) is 0 Å². The molecule has 0 aliphatic rings. The van der Waals surface area contributed by atoms with Crippen LogP contribution in [-0.4, -0.2) is 43.7 Å². The van der Waals surface area contributed by atoms with E-state index in [1.54, 1.807) is 7.11 Å². The van der Waals surface area contributed by atoms with Crippen molar-refractivity contribution in [2.75, 3.05) is 33.5 Å². The number of methoxy groups -OCH3 is 1. The molecule has 0 radical (unpaired) electrons. The SMILES string of the molecule is COCCOCCCNC(=O)C(C)(C)Br. The first-order valence-electron chi connectivity index (χ1n) is 5.02. The number of ether oxygens (including phenoxy) is 2. The van der Waals surface area contributed by atoms with E-state index in [0.717, 1.165) is 6.42 Å². The average molecular weight is 282 g/mol. The largest absolute Gasteiger partial charge is 0.382 e. The quantitative estimate of drug-likeness (QED) is 0.539. The number of alkyl halides is 1. The molecule has 0 atom stereocenters. The van der Waals surface area contributed by atoms with Crippen molar-refractivity contribution in [3.8, 4) is 0 Å². The predicted octanol–water partition coefficient (Wildman–Crippen LogP) is 1.33. The normalized spacial score (nSPS) is 11.5. The second kappa shape index (κ2) is 8.07. The van der Waals surface area contributed by atoms with Crippen LogP contribution in [0.3, 0.4) is 0 Å². The molecule has 0 aromatic rings. The molecule has 5 heteroatoms. The maximum atomic E-state index is 11.4. The van der Waals surface area contributed by atoms with Crippen molar-refractivity contribution in [2.45, 2.75) is 24.6 Å². The summed E-state index contributed by atoms with van der Waals surface area (Å²) < 4.78 is 9.59. The fourth-order valence-electron chi connectivity index (χ4n) is 0.831. The van der Waals surface area contributed by atoms with E-state index in [4.69, 9.17) is 9.47 Å². The molecule has 0 aromatic carbocycles. The molecular formula is C10H20BrNO3. The fraction of sp³-hybridized carbons (Fsp3) is 0.900. The second-order valence-electron chi connectivity index (χ2n) is 3.69. The van der Waals surface area contributed by atoms with Gasteiger partial charge >= 0.3 is 0 Å². The van der Waals surface area contributed by atoms with Gasteiger partial charge in [0, 0.05) is 20.3 Å². The van der Waals surface area contributed by atoms with Gasteiger partial charge in [0.15, 0.2) is 0 Å². The van der Waals surface area contributed by atoms with Crippen LogP contribution in [0.4, 0.5) is 0 Å². The van der Waals surface area contributed by atoms with Crippen LogP contribution in [0.1, 0.15) is 20.3 Å². The first-order chi connectivity index (χ1) is 6.98. The number of nitrogens with one attached hydrogen (secondary N) is 1. The molecule has 0 heterocycles. The average Bonchev–Trinajstić information content (AvgIpc) is 2.14. The van der Waals surface area contributed by atoms with Gasteiger partial charge in [-0.05, 0) is 20.3 Å². The zero-order valence-corrected chi connectivity index (χ0v) is 11.2. The van der Waals surface area contributed by atoms with Crippen molar-refractivity contribution in [3.63, 3.8) is 0 Å². The number of carbonyl (C=O) groups excluding carboxylic acids is 1. The molecule has 0 unspecified atom stereocenters. The predicted molar refractivity (Wildman–Crippen MR) is 63.3 cm³/mol. The van der Waals surface area contributed by atoms with Gasteiger partial charge in [-0.2, -0.15) is 0 Å². The van der Waals surface area contributed by atoms with Gasteiger partial charge in [0.05, 0.1) is 17.5 Å². The molecule has 0 rings (SSSR count). The second-order valence-corrected chi connectivity index (χ2v) is 5.67. The molecule has 4 nitrogen and oxygen atoms in total. The highest BCUT2D eigenvalue weighted by Gasteiger charge is 2.22. The Morgan fingerprint density at radius 2 is 2.00 bits per heavy atom. The zero-order valence-electron chi connectivity index (χ0n) is 9.64. The van der Waals surface area contributed by atoms with E-state index < -0.39 is 4.32 Å². The van der Waals surface area contributed by atoms with Crippen LogP contribution < -0.4 is 5.32 Å². The fourth-order valence-corrected chi connectivity index (χ4v) is 0.971.